The molecule has 0 amide bonds. The molecule has 0 unspecified atom stereocenters. The third kappa shape index (κ3) is 42.4. The molecule has 82 valence electrons. The Balaban J connectivity index is -0.000000147. The molecule has 14 heavy (non-hydrogen) atoms. The van der Waals surface area contributed by atoms with E-state index in [1.54, 1.807) is 0 Å². The second-order valence-electron chi connectivity index (χ2n) is 1.73. The molecule has 8 heteroatoms. The zero-order valence-corrected chi connectivity index (χ0v) is 8.90. The molecule has 0 bridgehead atoms. The van der Waals surface area contributed by atoms with Crippen LogP contribution in [-0.4, -0.2) is 45.6 Å². The first kappa shape index (κ1) is 19.0. The number of aliphatic carboxylic acids is 2. The first-order valence-corrected chi connectivity index (χ1v) is 4.04. The molecule has 4 N–H and O–H groups in total. The fourth-order valence-corrected chi connectivity index (χ4v) is 0.191. The van der Waals surface area contributed by atoms with Crippen LogP contribution in [0.25, 0.3) is 0 Å². The van der Waals surface area contributed by atoms with E-state index in [0.29, 0.717) is 0 Å². The molecule has 0 aromatic heterocycles. The average molecular weight is 244 g/mol. The summed E-state index contributed by atoms with van der Waals surface area (Å²) in [6.45, 7) is -0.537. The van der Waals surface area contributed by atoms with Crippen LogP contribution in [0.15, 0.2) is 0 Å². The van der Waals surface area contributed by atoms with Crippen LogP contribution >= 0.6 is 0 Å². The Morgan fingerprint density at radius 3 is 1.07 bits per heavy atom. The van der Waals surface area contributed by atoms with Gasteiger partial charge in [0, 0.05) is 0 Å². The first-order valence-electron chi connectivity index (χ1n) is 3.40. The molecule has 0 radical (unpaired) electrons. The fourth-order valence-electron chi connectivity index (χ4n) is 0.191. The zero-order valence-electron chi connectivity index (χ0n) is 7.34. The maximum absolute atomic E-state index is 9.44. The Hall–Kier alpha value is -0.626. The van der Waals surface area contributed by atoms with Gasteiger partial charge >= 0.3 is 35.7 Å². The number of hydrogen-bond acceptors (Lipinski definition) is 5. The van der Waals surface area contributed by atoms with Gasteiger partial charge in [-0.15, -0.1) is 0 Å². The van der Waals surface area contributed by atoms with E-state index in [0.717, 1.165) is 20.4 Å². The summed E-state index contributed by atoms with van der Waals surface area (Å²) in [6, 6.07) is 0. The van der Waals surface area contributed by atoms with Gasteiger partial charge in [-0.3, -0.25) is 9.59 Å². The molecular formula is C6H12O7Ti. The van der Waals surface area contributed by atoms with E-state index in [2.05, 4.69) is 0 Å². The monoisotopic (exact) mass is 244 g/mol. The summed E-state index contributed by atoms with van der Waals surface area (Å²) < 4.78 is 8.25. The van der Waals surface area contributed by atoms with Gasteiger partial charge in [0.2, 0.25) is 0 Å². The molecule has 0 aliphatic rings. The summed E-state index contributed by atoms with van der Waals surface area (Å²) in [5.41, 5.74) is 0. The Morgan fingerprint density at radius 1 is 0.857 bits per heavy atom. The second-order valence-corrected chi connectivity index (χ2v) is 1.73. The topological polar surface area (TPSA) is 132 Å². The predicted octanol–water partition coefficient (Wildman–Crippen LogP) is -1.21. The van der Waals surface area contributed by atoms with E-state index in [1.165, 1.54) is 0 Å². The van der Waals surface area contributed by atoms with Crippen LogP contribution in [0.1, 0.15) is 12.8 Å². The number of aliphatic hydroxyl groups excluding tert-OH is 2. The molecule has 7 nitrogen and oxygen atoms in total. The molecule has 0 aliphatic carbocycles. The van der Waals surface area contributed by atoms with Gasteiger partial charge in [0.1, 0.15) is 0 Å². The normalized spacial score (nSPS) is 7.21. The minimum absolute atomic E-state index is 0.153. The van der Waals surface area contributed by atoms with Crippen molar-refractivity contribution in [1.29, 1.82) is 0 Å². The van der Waals surface area contributed by atoms with Crippen LogP contribution < -0.4 is 0 Å². The van der Waals surface area contributed by atoms with Crippen molar-refractivity contribution in [2.75, 3.05) is 13.2 Å². The zero-order chi connectivity index (χ0) is 12.0. The summed E-state index contributed by atoms with van der Waals surface area (Å²) in [5, 5.41) is 31.2. The number of carboxylic acids is 2. The molecule has 0 saturated carbocycles. The van der Waals surface area contributed by atoms with Crippen molar-refractivity contribution in [3.63, 3.8) is 0 Å². The van der Waals surface area contributed by atoms with Crippen molar-refractivity contribution in [3.05, 3.63) is 0 Å². The SMILES string of the molecule is O=C(O)CCO.O=C(O)CCO.[O]=[Ti]. The van der Waals surface area contributed by atoms with Crippen molar-refractivity contribution in [2.45, 2.75) is 12.8 Å². The number of aliphatic hydroxyl groups is 2. The molecule has 0 saturated heterocycles. The number of carboxylic acid groups (broad SMARTS) is 2. The summed E-state index contributed by atoms with van der Waals surface area (Å²) in [5.74, 6) is -1.92. The van der Waals surface area contributed by atoms with Crippen molar-refractivity contribution in [1.82, 2.24) is 0 Å². The Kier molecular flexibility index (Phi) is 24.8. The second kappa shape index (κ2) is 18.2. The van der Waals surface area contributed by atoms with Crippen LogP contribution in [0.2, 0.25) is 0 Å². The van der Waals surface area contributed by atoms with Crippen molar-refractivity contribution >= 4 is 11.9 Å². The van der Waals surface area contributed by atoms with Gasteiger partial charge < -0.3 is 20.4 Å². The van der Waals surface area contributed by atoms with Crippen LogP contribution in [0.5, 0.6) is 0 Å². The summed E-state index contributed by atoms with van der Waals surface area (Å²) in [7, 11) is 0. The van der Waals surface area contributed by atoms with E-state index in [-0.39, 0.29) is 26.1 Å². The molecular weight excluding hydrogens is 232 g/mol. The van der Waals surface area contributed by atoms with Crippen LogP contribution in [0.4, 0.5) is 0 Å². The average Bonchev–Trinajstić information content (AvgIpc) is 2.08. The first-order chi connectivity index (χ1) is 6.54. The molecule has 0 rings (SSSR count). The van der Waals surface area contributed by atoms with E-state index < -0.39 is 11.9 Å². The van der Waals surface area contributed by atoms with E-state index in [9.17, 15) is 9.59 Å². The standard InChI is InChI=1S/2C3H6O3.O.Ti/c2*4-2-1-3(5)6;;/h2*4H,1-2H2,(H,5,6);;. The molecule has 0 atom stereocenters. The van der Waals surface area contributed by atoms with Crippen LogP contribution in [0, 0.1) is 0 Å². The van der Waals surface area contributed by atoms with Gasteiger partial charge in [0.15, 0.2) is 0 Å². The van der Waals surface area contributed by atoms with Crippen molar-refractivity contribution in [2.24, 2.45) is 0 Å². The van der Waals surface area contributed by atoms with Crippen molar-refractivity contribution in [3.8, 4) is 0 Å². The third-order valence-electron chi connectivity index (χ3n) is 0.651. The Bertz CT molecular complexity index is 133. The maximum atomic E-state index is 9.44. The summed E-state index contributed by atoms with van der Waals surface area (Å²) in [6.07, 6.45) is -0.306. The minimum atomic E-state index is -0.961. The number of hydrogen-bond donors (Lipinski definition) is 4. The molecule has 0 aromatic carbocycles. The van der Waals surface area contributed by atoms with Crippen LogP contribution in [-0.2, 0) is 33.3 Å². The van der Waals surface area contributed by atoms with E-state index >= 15 is 0 Å². The number of rotatable bonds is 4. The van der Waals surface area contributed by atoms with Gasteiger partial charge in [-0.1, -0.05) is 0 Å². The summed E-state index contributed by atoms with van der Waals surface area (Å²) >= 11 is 0.750. The van der Waals surface area contributed by atoms with Crippen LogP contribution in [0.3, 0.4) is 0 Å². The third-order valence-corrected chi connectivity index (χ3v) is 0.651. The van der Waals surface area contributed by atoms with Gasteiger partial charge in [-0.05, 0) is 0 Å². The fraction of sp³-hybridized carbons (Fsp3) is 0.667. The number of carbonyl (C=O) groups is 2. The van der Waals surface area contributed by atoms with E-state index in [1.807, 2.05) is 0 Å². The Morgan fingerprint density at radius 2 is 1.07 bits per heavy atom. The van der Waals surface area contributed by atoms with Gasteiger partial charge in [0.05, 0.1) is 26.1 Å². The molecule has 0 fully saturated rings. The summed E-state index contributed by atoms with van der Waals surface area (Å²) in [4.78, 5) is 18.9. The van der Waals surface area contributed by atoms with E-state index in [4.69, 9.17) is 23.8 Å². The van der Waals surface area contributed by atoms with Gasteiger partial charge in [-0.2, -0.15) is 0 Å². The molecule has 0 spiro atoms. The quantitative estimate of drug-likeness (QED) is 0.456. The Labute approximate surface area is 92.1 Å². The molecule has 0 aromatic rings. The molecule has 0 heterocycles. The predicted molar refractivity (Wildman–Crippen MR) is 39.4 cm³/mol. The molecule has 0 aliphatic heterocycles. The van der Waals surface area contributed by atoms with Gasteiger partial charge in [-0.25, -0.2) is 0 Å². The van der Waals surface area contributed by atoms with Gasteiger partial charge in [0.25, 0.3) is 0 Å². The van der Waals surface area contributed by atoms with Crippen molar-refractivity contribution < 1.29 is 53.7 Å².